The first-order chi connectivity index (χ1) is 7.55. The lowest BCUT2D eigenvalue weighted by atomic mass is 10.1. The van der Waals surface area contributed by atoms with E-state index in [9.17, 15) is 0 Å². The predicted octanol–water partition coefficient (Wildman–Crippen LogP) is 2.59. The highest BCUT2D eigenvalue weighted by atomic mass is 32.2. The molecule has 0 aromatic heterocycles. The van der Waals surface area contributed by atoms with Crippen molar-refractivity contribution in [2.24, 2.45) is 0 Å². The van der Waals surface area contributed by atoms with Gasteiger partial charge in [0, 0.05) is 23.1 Å². The fraction of sp³-hybridized carbons (Fsp3) is 1.00. The maximum Gasteiger partial charge on any atom is 0.0116 e. The van der Waals surface area contributed by atoms with E-state index in [1.807, 2.05) is 7.05 Å². The summed E-state index contributed by atoms with van der Waals surface area (Å²) in [6, 6.07) is 0.753. The summed E-state index contributed by atoms with van der Waals surface area (Å²) in [4.78, 5) is 2.68. The molecule has 3 heteroatoms. The minimum atomic E-state index is 0.486. The van der Waals surface area contributed by atoms with Gasteiger partial charge < -0.3 is 5.32 Å². The van der Waals surface area contributed by atoms with E-state index >= 15 is 0 Å². The normalized spacial score (nSPS) is 24.0. The highest BCUT2D eigenvalue weighted by Crippen LogP contribution is 2.31. The second-order valence-electron chi connectivity index (χ2n) is 5.49. The van der Waals surface area contributed by atoms with Crippen LogP contribution < -0.4 is 5.32 Å². The number of nitrogens with one attached hydrogen (secondary N) is 1. The quantitative estimate of drug-likeness (QED) is 0.748. The summed E-state index contributed by atoms with van der Waals surface area (Å²) in [7, 11) is 2.04. The van der Waals surface area contributed by atoms with Crippen LogP contribution in [-0.4, -0.2) is 48.1 Å². The Morgan fingerprint density at radius 2 is 2.12 bits per heavy atom. The minimum Gasteiger partial charge on any atom is -0.320 e. The fourth-order valence-electron chi connectivity index (χ4n) is 2.23. The maximum absolute atomic E-state index is 3.23. The summed E-state index contributed by atoms with van der Waals surface area (Å²) in [6.45, 7) is 10.9. The van der Waals surface area contributed by atoms with Gasteiger partial charge in [0.25, 0.3) is 0 Å². The van der Waals surface area contributed by atoms with E-state index in [0.29, 0.717) is 4.75 Å². The van der Waals surface area contributed by atoms with Gasteiger partial charge in [0.1, 0.15) is 0 Å². The second kappa shape index (κ2) is 6.87. The Morgan fingerprint density at radius 3 is 2.81 bits per heavy atom. The first kappa shape index (κ1) is 14.3. The van der Waals surface area contributed by atoms with Crippen molar-refractivity contribution >= 4 is 11.8 Å². The van der Waals surface area contributed by atoms with Gasteiger partial charge in [0.05, 0.1) is 0 Å². The lowest BCUT2D eigenvalue weighted by Crippen LogP contribution is -2.35. The number of thioether (sulfide) groups is 1. The molecule has 1 saturated heterocycles. The Kier molecular flexibility index (Phi) is 6.16. The molecular formula is C13H28N2S. The van der Waals surface area contributed by atoms with Crippen molar-refractivity contribution in [3.05, 3.63) is 0 Å². The Morgan fingerprint density at radius 1 is 1.38 bits per heavy atom. The Balaban J connectivity index is 2.30. The van der Waals surface area contributed by atoms with Crippen LogP contribution in [0.25, 0.3) is 0 Å². The minimum absolute atomic E-state index is 0.486. The van der Waals surface area contributed by atoms with Gasteiger partial charge in [0.2, 0.25) is 0 Å². The Hall–Kier alpha value is 0.270. The maximum atomic E-state index is 3.23. The molecule has 0 spiro atoms. The highest BCUT2D eigenvalue weighted by molar-refractivity contribution is 8.00. The van der Waals surface area contributed by atoms with Crippen LogP contribution in [0.5, 0.6) is 0 Å². The van der Waals surface area contributed by atoms with Crippen LogP contribution in [0, 0.1) is 0 Å². The van der Waals surface area contributed by atoms with Crippen molar-refractivity contribution in [3.63, 3.8) is 0 Å². The Labute approximate surface area is 106 Å². The lowest BCUT2D eigenvalue weighted by molar-refractivity contribution is 0.206. The summed E-state index contributed by atoms with van der Waals surface area (Å²) in [5.41, 5.74) is 0. The molecule has 1 aliphatic rings. The molecule has 1 N–H and O–H groups in total. The van der Waals surface area contributed by atoms with E-state index in [1.165, 1.54) is 38.1 Å². The molecule has 1 unspecified atom stereocenters. The molecule has 0 aromatic rings. The molecule has 0 amide bonds. The molecule has 1 heterocycles. The molecule has 2 nitrogen and oxygen atoms in total. The smallest absolute Gasteiger partial charge is 0.0116 e. The average molecular weight is 244 g/mol. The van der Waals surface area contributed by atoms with Gasteiger partial charge in [-0.05, 0) is 46.3 Å². The summed E-state index contributed by atoms with van der Waals surface area (Å²) < 4.78 is 0.486. The van der Waals surface area contributed by atoms with Crippen molar-refractivity contribution in [3.8, 4) is 0 Å². The standard InChI is InChI=1S/C13H28N2S/c1-12(6-5-8-14-4)15-9-7-13(2,3)16-11-10-15/h12,14H,5-11H2,1-4H3. The zero-order valence-corrected chi connectivity index (χ0v) is 12.2. The predicted molar refractivity (Wildman–Crippen MR) is 75.3 cm³/mol. The molecule has 1 atom stereocenters. The second-order valence-corrected chi connectivity index (χ2v) is 7.29. The van der Waals surface area contributed by atoms with Crippen LogP contribution >= 0.6 is 11.8 Å². The third-order valence-electron chi connectivity index (χ3n) is 3.54. The molecule has 0 aromatic carbocycles. The Bertz CT molecular complexity index is 194. The van der Waals surface area contributed by atoms with Crippen molar-refractivity contribution in [2.45, 2.75) is 50.8 Å². The number of hydrogen-bond acceptors (Lipinski definition) is 3. The van der Waals surface area contributed by atoms with Crippen LogP contribution in [0.3, 0.4) is 0 Å². The zero-order chi connectivity index (χ0) is 12.0. The summed E-state index contributed by atoms with van der Waals surface area (Å²) >= 11 is 2.14. The van der Waals surface area contributed by atoms with E-state index in [2.05, 4.69) is 42.7 Å². The van der Waals surface area contributed by atoms with Crippen molar-refractivity contribution in [1.29, 1.82) is 0 Å². The van der Waals surface area contributed by atoms with E-state index in [0.717, 1.165) is 12.6 Å². The molecule has 1 rings (SSSR count). The lowest BCUT2D eigenvalue weighted by Gasteiger charge is -2.28. The number of rotatable bonds is 5. The SMILES string of the molecule is CNCCCC(C)N1CCSC(C)(C)CC1. The molecule has 0 saturated carbocycles. The van der Waals surface area contributed by atoms with Gasteiger partial charge in [-0.1, -0.05) is 13.8 Å². The van der Waals surface area contributed by atoms with Crippen LogP contribution in [0.15, 0.2) is 0 Å². The van der Waals surface area contributed by atoms with Gasteiger partial charge in [-0.25, -0.2) is 0 Å². The van der Waals surface area contributed by atoms with Crippen LogP contribution in [0.1, 0.15) is 40.0 Å². The molecular weight excluding hydrogens is 216 g/mol. The van der Waals surface area contributed by atoms with E-state index < -0.39 is 0 Å². The average Bonchev–Trinajstić information content (AvgIpc) is 2.39. The highest BCUT2D eigenvalue weighted by Gasteiger charge is 2.25. The summed E-state index contributed by atoms with van der Waals surface area (Å²) in [5.74, 6) is 1.30. The first-order valence-corrected chi connectivity index (χ1v) is 7.56. The first-order valence-electron chi connectivity index (χ1n) is 6.58. The number of nitrogens with zero attached hydrogens (tertiary/aromatic N) is 1. The van der Waals surface area contributed by atoms with Crippen molar-refractivity contribution in [1.82, 2.24) is 10.2 Å². The van der Waals surface area contributed by atoms with E-state index in [1.54, 1.807) is 0 Å². The van der Waals surface area contributed by atoms with Gasteiger partial charge in [-0.15, -0.1) is 0 Å². The van der Waals surface area contributed by atoms with Crippen LogP contribution in [0.4, 0.5) is 0 Å². The zero-order valence-electron chi connectivity index (χ0n) is 11.4. The molecule has 0 aliphatic carbocycles. The van der Waals surface area contributed by atoms with Crippen LogP contribution in [0.2, 0.25) is 0 Å². The monoisotopic (exact) mass is 244 g/mol. The van der Waals surface area contributed by atoms with Crippen LogP contribution in [-0.2, 0) is 0 Å². The van der Waals surface area contributed by atoms with Crippen molar-refractivity contribution < 1.29 is 0 Å². The van der Waals surface area contributed by atoms with Crippen molar-refractivity contribution in [2.75, 3.05) is 32.4 Å². The fourth-order valence-corrected chi connectivity index (χ4v) is 3.35. The molecule has 1 aliphatic heterocycles. The largest absolute Gasteiger partial charge is 0.320 e. The molecule has 0 radical (unpaired) electrons. The number of hydrogen-bond donors (Lipinski definition) is 1. The molecule has 16 heavy (non-hydrogen) atoms. The van der Waals surface area contributed by atoms with E-state index in [-0.39, 0.29) is 0 Å². The molecule has 1 fully saturated rings. The van der Waals surface area contributed by atoms with E-state index in [4.69, 9.17) is 0 Å². The van der Waals surface area contributed by atoms with Gasteiger partial charge in [-0.2, -0.15) is 11.8 Å². The van der Waals surface area contributed by atoms with Gasteiger partial charge >= 0.3 is 0 Å². The van der Waals surface area contributed by atoms with Gasteiger partial charge in [-0.3, -0.25) is 4.90 Å². The third-order valence-corrected chi connectivity index (χ3v) is 4.92. The van der Waals surface area contributed by atoms with Gasteiger partial charge in [0.15, 0.2) is 0 Å². The summed E-state index contributed by atoms with van der Waals surface area (Å²) in [5, 5.41) is 3.23. The third kappa shape index (κ3) is 5.07. The molecule has 0 bridgehead atoms. The molecule has 96 valence electrons. The summed E-state index contributed by atoms with van der Waals surface area (Å²) in [6.07, 6.45) is 3.95. The topological polar surface area (TPSA) is 15.3 Å².